The molecule has 6 aromatic rings. The fourth-order valence-electron chi connectivity index (χ4n) is 8.84. The minimum atomic E-state index is -0.664. The smallest absolute Gasteiger partial charge is 0.309 e. The molecule has 0 spiro atoms. The molecule has 0 unspecified atom stereocenters. The molecule has 2 fully saturated rings. The van der Waals surface area contributed by atoms with E-state index < -0.39 is 5.97 Å². The molecule has 0 amide bonds. The molecule has 10 nitrogen and oxygen atoms in total. The highest BCUT2D eigenvalue weighted by Crippen LogP contribution is 2.37. The Morgan fingerprint density at radius 3 is 1.56 bits per heavy atom. The first-order valence-electron chi connectivity index (χ1n) is 22.1. The van der Waals surface area contributed by atoms with Gasteiger partial charge < -0.3 is 28.2 Å². The first-order chi connectivity index (χ1) is 30.2. The van der Waals surface area contributed by atoms with Crippen molar-refractivity contribution in [2.24, 2.45) is 23.7 Å². The summed E-state index contributed by atoms with van der Waals surface area (Å²) in [7, 11) is 0. The van der Waals surface area contributed by atoms with Crippen LogP contribution in [-0.2, 0) is 40.0 Å². The van der Waals surface area contributed by atoms with E-state index in [-0.39, 0.29) is 23.7 Å². The molecule has 2 aliphatic rings. The third kappa shape index (κ3) is 11.8. The van der Waals surface area contributed by atoms with Crippen LogP contribution in [0.4, 0.5) is 0 Å². The number of hydrogen-bond donors (Lipinski definition) is 1. The lowest BCUT2D eigenvalue weighted by Gasteiger charge is -2.18. The van der Waals surface area contributed by atoms with Gasteiger partial charge in [0, 0.05) is 24.0 Å². The zero-order chi connectivity index (χ0) is 43.3. The lowest BCUT2D eigenvalue weighted by molar-refractivity contribution is -0.149. The SMILES string of the molecule is CCOC(=O)[C@H]1CCC[C@H]1Cc1cccc(OCCc2nc(-c3ccccc3)oc2C)c1.Cc1oc(-c2ccccc2)nc1CCOc1cccc(C[C@@H]2CCC[C@@H]2C(=O)O)c1. The molecular formula is C52H58N2O8. The Hall–Kier alpha value is -6.16. The first-order valence-corrected chi connectivity index (χ1v) is 22.1. The normalized spacial score (nSPS) is 18.2. The zero-order valence-corrected chi connectivity index (χ0v) is 36.1. The predicted octanol–water partition coefficient (Wildman–Crippen LogP) is 11.1. The van der Waals surface area contributed by atoms with Crippen molar-refractivity contribution in [1.29, 1.82) is 0 Å². The van der Waals surface area contributed by atoms with Crippen molar-refractivity contribution in [3.05, 3.63) is 143 Å². The molecule has 0 radical (unpaired) electrons. The Bertz CT molecular complexity index is 2350. The van der Waals surface area contributed by atoms with E-state index in [1.165, 1.54) is 5.56 Å². The third-order valence-corrected chi connectivity index (χ3v) is 12.1. The maximum Gasteiger partial charge on any atom is 0.309 e. The Labute approximate surface area is 364 Å². The fraction of sp³-hybridized carbons (Fsp3) is 0.385. The summed E-state index contributed by atoms with van der Waals surface area (Å²) in [6, 6.07) is 36.0. The maximum atomic E-state index is 12.2. The van der Waals surface area contributed by atoms with Crippen LogP contribution >= 0.6 is 0 Å². The summed E-state index contributed by atoms with van der Waals surface area (Å²) in [5.41, 5.74) is 6.10. The van der Waals surface area contributed by atoms with Gasteiger partial charge in [-0.1, -0.05) is 73.5 Å². The third-order valence-electron chi connectivity index (χ3n) is 12.1. The monoisotopic (exact) mass is 838 g/mol. The van der Waals surface area contributed by atoms with Crippen LogP contribution in [0.2, 0.25) is 0 Å². The number of carboxylic acid groups (broad SMARTS) is 1. The quantitative estimate of drug-likeness (QED) is 0.0885. The summed E-state index contributed by atoms with van der Waals surface area (Å²) >= 11 is 0. The largest absolute Gasteiger partial charge is 0.493 e. The number of carbonyl (C=O) groups is 2. The highest BCUT2D eigenvalue weighted by Gasteiger charge is 2.34. The highest BCUT2D eigenvalue weighted by atomic mass is 16.5. The van der Waals surface area contributed by atoms with Gasteiger partial charge >= 0.3 is 11.9 Å². The average Bonchev–Trinajstić information content (AvgIpc) is 4.10. The standard InChI is InChI=1S/C27H31NO4.C25H27NO4/c1-3-30-27(29)24-14-8-12-22(24)17-20-9-7-13-23(18-20)31-16-15-25-19(2)32-26(28-25)21-10-5-4-6-11-21;1-17-23(26-24(30-17)19-8-3-2-4-9-19)13-14-29-21-11-5-7-18(16-21)15-20-10-6-12-22(20)25(27)28/h4-7,9-11,13,18,22,24H,3,8,12,14-17H2,1-2H3;2-5,7-9,11,16,20,22H,6,10,12-15H2,1H3,(H,27,28)/t22-,24-;20-,22-/m00/s1. The van der Waals surface area contributed by atoms with Crippen molar-refractivity contribution in [3.63, 3.8) is 0 Å². The molecule has 62 heavy (non-hydrogen) atoms. The minimum absolute atomic E-state index is 0.0217. The zero-order valence-electron chi connectivity index (χ0n) is 36.1. The summed E-state index contributed by atoms with van der Waals surface area (Å²) in [5.74, 6) is 4.23. The molecule has 4 aromatic carbocycles. The number of carboxylic acids is 1. The van der Waals surface area contributed by atoms with Crippen LogP contribution in [0, 0.1) is 37.5 Å². The second-order valence-corrected chi connectivity index (χ2v) is 16.4. The molecule has 324 valence electrons. The molecule has 1 N–H and O–H groups in total. The van der Waals surface area contributed by atoms with Gasteiger partial charge in [-0.3, -0.25) is 9.59 Å². The molecule has 2 heterocycles. The van der Waals surface area contributed by atoms with Crippen LogP contribution in [0.3, 0.4) is 0 Å². The molecule has 4 atom stereocenters. The Morgan fingerprint density at radius 1 is 0.629 bits per heavy atom. The summed E-state index contributed by atoms with van der Waals surface area (Å²) < 4.78 is 28.9. The van der Waals surface area contributed by atoms with E-state index in [1.807, 2.05) is 112 Å². The Morgan fingerprint density at radius 2 is 1.10 bits per heavy atom. The molecule has 2 saturated carbocycles. The van der Waals surface area contributed by atoms with Crippen LogP contribution in [0.15, 0.2) is 118 Å². The molecule has 8 rings (SSSR count). The number of ether oxygens (including phenoxy) is 3. The summed E-state index contributed by atoms with van der Waals surface area (Å²) in [6.45, 7) is 7.22. The first kappa shape index (κ1) is 43.9. The van der Waals surface area contributed by atoms with E-state index >= 15 is 0 Å². The number of aryl methyl sites for hydroxylation is 2. The van der Waals surface area contributed by atoms with Crippen molar-refractivity contribution >= 4 is 11.9 Å². The van der Waals surface area contributed by atoms with Crippen LogP contribution < -0.4 is 9.47 Å². The Balaban J connectivity index is 0.000000187. The summed E-state index contributed by atoms with van der Waals surface area (Å²) in [5, 5.41) is 9.40. The molecular weight excluding hydrogens is 781 g/mol. The second kappa shape index (κ2) is 21.6. The van der Waals surface area contributed by atoms with Gasteiger partial charge in [0.1, 0.15) is 23.0 Å². The molecule has 0 aliphatic heterocycles. The van der Waals surface area contributed by atoms with Gasteiger partial charge in [0.2, 0.25) is 11.8 Å². The number of oxazole rings is 2. The number of aliphatic carboxylic acids is 1. The van der Waals surface area contributed by atoms with E-state index in [9.17, 15) is 14.7 Å². The Kier molecular flexibility index (Phi) is 15.3. The van der Waals surface area contributed by atoms with E-state index in [0.717, 1.165) is 102 Å². The van der Waals surface area contributed by atoms with Gasteiger partial charge in [0.15, 0.2) is 0 Å². The van der Waals surface area contributed by atoms with Gasteiger partial charge in [0.05, 0.1) is 43.0 Å². The van der Waals surface area contributed by atoms with Crippen molar-refractivity contribution in [2.75, 3.05) is 19.8 Å². The van der Waals surface area contributed by atoms with Gasteiger partial charge in [0.25, 0.3) is 0 Å². The fourth-order valence-corrected chi connectivity index (χ4v) is 8.84. The van der Waals surface area contributed by atoms with Crippen molar-refractivity contribution < 1.29 is 37.7 Å². The summed E-state index contributed by atoms with van der Waals surface area (Å²) in [6.07, 6.45) is 8.88. The van der Waals surface area contributed by atoms with Gasteiger partial charge in [-0.25, -0.2) is 9.97 Å². The van der Waals surface area contributed by atoms with Crippen LogP contribution in [0.1, 0.15) is 79.5 Å². The molecule has 10 heteroatoms. The molecule has 2 aliphatic carbocycles. The van der Waals surface area contributed by atoms with E-state index in [2.05, 4.69) is 28.2 Å². The minimum Gasteiger partial charge on any atom is -0.493 e. The highest BCUT2D eigenvalue weighted by molar-refractivity contribution is 5.73. The van der Waals surface area contributed by atoms with Crippen molar-refractivity contribution in [2.45, 2.75) is 85.0 Å². The van der Waals surface area contributed by atoms with Crippen LogP contribution in [-0.4, -0.2) is 46.8 Å². The van der Waals surface area contributed by atoms with E-state index in [0.29, 0.717) is 50.4 Å². The van der Waals surface area contributed by atoms with Crippen LogP contribution in [0.25, 0.3) is 22.9 Å². The van der Waals surface area contributed by atoms with E-state index in [1.54, 1.807) is 0 Å². The van der Waals surface area contributed by atoms with Gasteiger partial charge in [-0.15, -0.1) is 0 Å². The lowest BCUT2D eigenvalue weighted by atomic mass is 9.89. The van der Waals surface area contributed by atoms with Gasteiger partial charge in [-0.2, -0.15) is 0 Å². The number of esters is 1. The number of aromatic nitrogens is 2. The molecule has 0 saturated heterocycles. The number of benzene rings is 4. The van der Waals surface area contributed by atoms with E-state index in [4.69, 9.17) is 23.0 Å². The van der Waals surface area contributed by atoms with Gasteiger partial charge in [-0.05, 0) is 131 Å². The molecule has 2 aromatic heterocycles. The number of nitrogens with zero attached hydrogens (tertiary/aromatic N) is 2. The number of hydrogen-bond acceptors (Lipinski definition) is 9. The average molecular weight is 839 g/mol. The number of carbonyl (C=O) groups excluding carboxylic acids is 1. The molecule has 0 bridgehead atoms. The van der Waals surface area contributed by atoms with Crippen molar-refractivity contribution in [3.8, 4) is 34.4 Å². The number of rotatable bonds is 17. The topological polar surface area (TPSA) is 134 Å². The maximum absolute atomic E-state index is 12.2. The second-order valence-electron chi connectivity index (χ2n) is 16.4. The predicted molar refractivity (Wildman–Crippen MR) is 238 cm³/mol. The lowest BCUT2D eigenvalue weighted by Crippen LogP contribution is -2.23. The van der Waals surface area contributed by atoms with Crippen LogP contribution in [0.5, 0.6) is 11.5 Å². The summed E-state index contributed by atoms with van der Waals surface area (Å²) in [4.78, 5) is 32.9. The van der Waals surface area contributed by atoms with Crippen molar-refractivity contribution in [1.82, 2.24) is 9.97 Å².